The fraction of sp³-hybridized carbons (Fsp3) is 0.353. The summed E-state index contributed by atoms with van der Waals surface area (Å²) < 4.78 is 0. The molecule has 0 saturated carbocycles. The molecule has 23 heavy (non-hydrogen) atoms. The first kappa shape index (κ1) is 17.1. The van der Waals surface area contributed by atoms with Gasteiger partial charge in [0.2, 0.25) is 11.8 Å². The van der Waals surface area contributed by atoms with Crippen LogP contribution in [0.25, 0.3) is 10.6 Å². The van der Waals surface area contributed by atoms with Crippen LogP contribution in [0.2, 0.25) is 0 Å². The first-order valence-corrected chi connectivity index (χ1v) is 8.39. The molecule has 0 unspecified atom stereocenters. The molecule has 0 aliphatic carbocycles. The zero-order valence-corrected chi connectivity index (χ0v) is 14.4. The highest BCUT2D eigenvalue weighted by Gasteiger charge is 2.11. The smallest absolute Gasteiger partial charge is 0.239 e. The topological polar surface area (TPSA) is 71.1 Å². The van der Waals surface area contributed by atoms with Crippen LogP contribution in [0.4, 0.5) is 0 Å². The number of carbonyl (C=O) groups excluding carboxylic acids is 2. The fourth-order valence-electron chi connectivity index (χ4n) is 2.08. The third-order valence-electron chi connectivity index (χ3n) is 3.05. The van der Waals surface area contributed by atoms with Crippen molar-refractivity contribution in [3.05, 3.63) is 40.9 Å². The van der Waals surface area contributed by atoms with Crippen LogP contribution in [0.15, 0.2) is 29.6 Å². The average molecular weight is 331 g/mol. The molecule has 0 saturated heterocycles. The molecule has 1 aromatic heterocycles. The molecule has 122 valence electrons. The number of amides is 2. The third kappa shape index (κ3) is 5.49. The van der Waals surface area contributed by atoms with Crippen molar-refractivity contribution in [2.75, 3.05) is 6.54 Å². The molecule has 2 rings (SSSR count). The van der Waals surface area contributed by atoms with Crippen LogP contribution in [0.5, 0.6) is 0 Å². The fourth-order valence-corrected chi connectivity index (χ4v) is 2.89. The van der Waals surface area contributed by atoms with Gasteiger partial charge in [-0.1, -0.05) is 23.8 Å². The molecule has 0 bridgehead atoms. The van der Waals surface area contributed by atoms with E-state index in [1.165, 1.54) is 16.9 Å². The molecular formula is C17H21N3O2S. The molecule has 2 amide bonds. The maximum atomic E-state index is 11.9. The Morgan fingerprint density at radius 2 is 2.04 bits per heavy atom. The lowest BCUT2D eigenvalue weighted by Crippen LogP contribution is -2.40. The van der Waals surface area contributed by atoms with Crippen LogP contribution in [-0.4, -0.2) is 29.4 Å². The lowest BCUT2D eigenvalue weighted by Gasteiger charge is -2.08. The van der Waals surface area contributed by atoms with E-state index in [1.807, 2.05) is 44.4 Å². The molecular weight excluding hydrogens is 310 g/mol. The summed E-state index contributed by atoms with van der Waals surface area (Å²) in [7, 11) is 0. The van der Waals surface area contributed by atoms with E-state index < -0.39 is 0 Å². The summed E-state index contributed by atoms with van der Waals surface area (Å²) in [5, 5.41) is 8.11. The van der Waals surface area contributed by atoms with Gasteiger partial charge in [-0.3, -0.25) is 9.59 Å². The predicted octanol–water partition coefficient (Wildman–Crippen LogP) is 2.30. The number of thiazole rings is 1. The van der Waals surface area contributed by atoms with Gasteiger partial charge >= 0.3 is 0 Å². The van der Waals surface area contributed by atoms with Crippen molar-refractivity contribution in [2.24, 2.45) is 0 Å². The largest absolute Gasteiger partial charge is 0.352 e. The summed E-state index contributed by atoms with van der Waals surface area (Å²) in [5.74, 6) is -0.392. The van der Waals surface area contributed by atoms with E-state index in [0.717, 1.165) is 10.6 Å². The number of aromatic nitrogens is 1. The quantitative estimate of drug-likeness (QED) is 0.853. The van der Waals surface area contributed by atoms with Crippen LogP contribution >= 0.6 is 11.3 Å². The molecule has 0 atom stereocenters. The predicted molar refractivity (Wildman–Crippen MR) is 92.3 cm³/mol. The van der Waals surface area contributed by atoms with E-state index in [1.54, 1.807) is 0 Å². The van der Waals surface area contributed by atoms with E-state index >= 15 is 0 Å². The average Bonchev–Trinajstić information content (AvgIpc) is 2.93. The Balaban J connectivity index is 1.89. The van der Waals surface area contributed by atoms with Crippen molar-refractivity contribution in [2.45, 2.75) is 33.2 Å². The third-order valence-corrected chi connectivity index (χ3v) is 3.99. The zero-order valence-electron chi connectivity index (χ0n) is 13.6. The molecule has 0 aliphatic rings. The SMILES string of the molecule is Cc1cccc(-c2nc(CC(=O)NCC(=O)NC(C)C)cs2)c1. The highest BCUT2D eigenvalue weighted by Crippen LogP contribution is 2.24. The number of rotatable bonds is 6. The highest BCUT2D eigenvalue weighted by molar-refractivity contribution is 7.13. The summed E-state index contributed by atoms with van der Waals surface area (Å²) in [5.41, 5.74) is 2.94. The summed E-state index contributed by atoms with van der Waals surface area (Å²) in [6.07, 6.45) is 0.178. The second-order valence-corrected chi connectivity index (χ2v) is 6.55. The van der Waals surface area contributed by atoms with Gasteiger partial charge in [0.1, 0.15) is 5.01 Å². The lowest BCUT2D eigenvalue weighted by molar-refractivity contribution is -0.126. The molecule has 0 aliphatic heterocycles. The monoisotopic (exact) mass is 331 g/mol. The number of nitrogens with zero attached hydrogens (tertiary/aromatic N) is 1. The first-order valence-electron chi connectivity index (χ1n) is 7.51. The van der Waals surface area contributed by atoms with E-state index in [4.69, 9.17) is 0 Å². The minimum absolute atomic E-state index is 0.00805. The Morgan fingerprint density at radius 3 is 2.74 bits per heavy atom. The molecule has 0 spiro atoms. The van der Waals surface area contributed by atoms with Crippen LogP contribution in [0.3, 0.4) is 0 Å². The lowest BCUT2D eigenvalue weighted by atomic mass is 10.1. The van der Waals surface area contributed by atoms with Crippen molar-refractivity contribution in [3.63, 3.8) is 0 Å². The molecule has 1 aromatic carbocycles. The minimum Gasteiger partial charge on any atom is -0.352 e. The molecule has 1 heterocycles. The van der Waals surface area contributed by atoms with Crippen molar-refractivity contribution in [1.82, 2.24) is 15.6 Å². The van der Waals surface area contributed by atoms with Crippen molar-refractivity contribution >= 4 is 23.2 Å². The second-order valence-electron chi connectivity index (χ2n) is 5.69. The van der Waals surface area contributed by atoms with Crippen molar-refractivity contribution < 1.29 is 9.59 Å². The van der Waals surface area contributed by atoms with Crippen LogP contribution in [0.1, 0.15) is 25.1 Å². The Labute approximate surface area is 140 Å². The van der Waals surface area contributed by atoms with Crippen LogP contribution in [-0.2, 0) is 16.0 Å². The Bertz CT molecular complexity index is 695. The number of benzene rings is 1. The zero-order chi connectivity index (χ0) is 16.8. The molecule has 6 heteroatoms. The molecule has 2 aromatic rings. The highest BCUT2D eigenvalue weighted by atomic mass is 32.1. The minimum atomic E-state index is -0.204. The summed E-state index contributed by atoms with van der Waals surface area (Å²) in [6, 6.07) is 8.17. The first-order chi connectivity index (χ1) is 10.9. The number of carbonyl (C=O) groups is 2. The number of nitrogens with one attached hydrogen (secondary N) is 2. The van der Waals surface area contributed by atoms with Gasteiger partial charge < -0.3 is 10.6 Å². The number of hydrogen-bond acceptors (Lipinski definition) is 4. The molecule has 0 fully saturated rings. The second kappa shape index (κ2) is 7.87. The van der Waals surface area contributed by atoms with Gasteiger partial charge in [-0.15, -0.1) is 11.3 Å². The molecule has 5 nitrogen and oxygen atoms in total. The molecule has 0 radical (unpaired) electrons. The van der Waals surface area contributed by atoms with E-state index in [2.05, 4.69) is 21.7 Å². The normalized spacial score (nSPS) is 10.6. The standard InChI is InChI=1S/C17H21N3O2S/c1-11(2)19-16(22)9-18-15(21)8-14-10-23-17(20-14)13-6-4-5-12(3)7-13/h4-7,10-11H,8-9H2,1-3H3,(H,18,21)(H,19,22). The maximum Gasteiger partial charge on any atom is 0.239 e. The van der Waals surface area contributed by atoms with Gasteiger partial charge in [0.05, 0.1) is 18.7 Å². The van der Waals surface area contributed by atoms with E-state index in [-0.39, 0.29) is 30.8 Å². The van der Waals surface area contributed by atoms with Crippen LogP contribution < -0.4 is 10.6 Å². The van der Waals surface area contributed by atoms with Crippen molar-refractivity contribution in [1.29, 1.82) is 0 Å². The summed E-state index contributed by atoms with van der Waals surface area (Å²) in [6.45, 7) is 5.78. The van der Waals surface area contributed by atoms with Gasteiger partial charge in [-0.2, -0.15) is 0 Å². The van der Waals surface area contributed by atoms with Gasteiger partial charge in [0, 0.05) is 17.0 Å². The van der Waals surface area contributed by atoms with Crippen LogP contribution in [0, 0.1) is 6.92 Å². The van der Waals surface area contributed by atoms with Gasteiger partial charge in [0.25, 0.3) is 0 Å². The maximum absolute atomic E-state index is 11.9. The van der Waals surface area contributed by atoms with E-state index in [0.29, 0.717) is 5.69 Å². The summed E-state index contributed by atoms with van der Waals surface area (Å²) >= 11 is 1.52. The Morgan fingerprint density at radius 1 is 1.26 bits per heavy atom. The number of aryl methyl sites for hydroxylation is 1. The van der Waals surface area contributed by atoms with Gasteiger partial charge in [-0.25, -0.2) is 4.98 Å². The Hall–Kier alpha value is -2.21. The van der Waals surface area contributed by atoms with Gasteiger partial charge in [0.15, 0.2) is 0 Å². The van der Waals surface area contributed by atoms with Crippen molar-refractivity contribution in [3.8, 4) is 10.6 Å². The van der Waals surface area contributed by atoms with E-state index in [9.17, 15) is 9.59 Å². The summed E-state index contributed by atoms with van der Waals surface area (Å²) in [4.78, 5) is 27.9. The van der Waals surface area contributed by atoms with Gasteiger partial charge in [-0.05, 0) is 26.8 Å². The number of hydrogen-bond donors (Lipinski definition) is 2. The molecule has 2 N–H and O–H groups in total. The Kier molecular flexibility index (Phi) is 5.87.